The molecule has 0 unspecified atom stereocenters. The predicted molar refractivity (Wildman–Crippen MR) is 66.0 cm³/mol. The molecule has 0 amide bonds. The van der Waals surface area contributed by atoms with Crippen molar-refractivity contribution < 1.29 is 12.6 Å². The Morgan fingerprint density at radius 3 is 2.71 bits per heavy atom. The minimum Gasteiger partial charge on any atom is -0.372 e. The fourth-order valence-electron chi connectivity index (χ4n) is 1.24. The van der Waals surface area contributed by atoms with E-state index in [1.165, 1.54) is 0 Å². The molecule has 0 saturated heterocycles. The third-order valence-electron chi connectivity index (χ3n) is 2.10. The summed E-state index contributed by atoms with van der Waals surface area (Å²) in [6, 6.07) is 6.72. The van der Waals surface area contributed by atoms with Gasteiger partial charge in [-0.2, -0.15) is 8.42 Å². The van der Waals surface area contributed by atoms with Crippen molar-refractivity contribution in [3.8, 4) is 0 Å². The molecule has 0 atom stereocenters. The molecule has 0 heterocycles. The topological polar surface area (TPSA) is 76.0 Å². The van der Waals surface area contributed by atoms with Crippen molar-refractivity contribution in [2.24, 2.45) is 5.18 Å². The highest BCUT2D eigenvalue weighted by Crippen LogP contribution is 2.20. The second-order valence-corrected chi connectivity index (χ2v) is 5.20. The average molecular weight is 258 g/mol. The number of anilines is 1. The molecule has 1 aromatic carbocycles. The van der Waals surface area contributed by atoms with Gasteiger partial charge in [-0.15, -0.1) is 4.91 Å². The second kappa shape index (κ2) is 5.74. The lowest BCUT2D eigenvalue weighted by molar-refractivity contribution is 0.329. The van der Waals surface area contributed by atoms with Crippen molar-refractivity contribution in [2.75, 3.05) is 31.4 Å². The molecule has 0 radical (unpaired) electrons. The van der Waals surface area contributed by atoms with Crippen LogP contribution >= 0.6 is 0 Å². The number of rotatable bonds is 6. The molecular formula is C10H14N2O4S. The summed E-state index contributed by atoms with van der Waals surface area (Å²) in [5, 5.41) is 2.83. The third kappa shape index (κ3) is 4.92. The van der Waals surface area contributed by atoms with E-state index >= 15 is 0 Å². The largest absolute Gasteiger partial charge is 0.372 e. The van der Waals surface area contributed by atoms with Crippen molar-refractivity contribution in [3.05, 3.63) is 29.2 Å². The molecule has 0 aromatic heterocycles. The number of hydrogen-bond acceptors (Lipinski definition) is 6. The quantitative estimate of drug-likeness (QED) is 0.571. The summed E-state index contributed by atoms with van der Waals surface area (Å²) in [7, 11) is -1.64. The first-order valence-corrected chi connectivity index (χ1v) is 6.73. The molecule has 0 aliphatic heterocycles. The highest BCUT2D eigenvalue weighted by atomic mass is 32.2. The van der Waals surface area contributed by atoms with E-state index in [2.05, 4.69) is 9.36 Å². The Morgan fingerprint density at radius 2 is 2.12 bits per heavy atom. The monoisotopic (exact) mass is 258 g/mol. The molecule has 0 bridgehead atoms. The number of hydrogen-bond donors (Lipinski definition) is 0. The first-order valence-electron chi connectivity index (χ1n) is 4.91. The van der Waals surface area contributed by atoms with E-state index in [-0.39, 0.29) is 6.61 Å². The van der Waals surface area contributed by atoms with Crippen LogP contribution in [0.2, 0.25) is 0 Å². The first kappa shape index (κ1) is 13.6. The zero-order chi connectivity index (χ0) is 12.9. The van der Waals surface area contributed by atoms with Crippen LogP contribution in [-0.2, 0) is 14.3 Å². The number of nitroso groups, excluding NO2 is 1. The lowest BCUT2D eigenvalue weighted by atomic mass is 10.2. The molecule has 17 heavy (non-hydrogen) atoms. The Bertz CT molecular complexity index is 487. The van der Waals surface area contributed by atoms with E-state index in [1.54, 1.807) is 36.2 Å². The van der Waals surface area contributed by atoms with Crippen molar-refractivity contribution in [1.29, 1.82) is 0 Å². The van der Waals surface area contributed by atoms with Crippen LogP contribution in [0.4, 0.5) is 11.4 Å². The summed E-state index contributed by atoms with van der Waals surface area (Å²) in [6.07, 6.45) is 1.00. The Hall–Kier alpha value is -1.47. The molecule has 6 nitrogen and oxygen atoms in total. The summed E-state index contributed by atoms with van der Waals surface area (Å²) in [5.74, 6) is 0. The summed E-state index contributed by atoms with van der Waals surface area (Å²) in [5.41, 5.74) is 1.11. The number of likely N-dealkylation sites (N-methyl/N-ethyl adjacent to an activating group) is 1. The average Bonchev–Trinajstić information content (AvgIpc) is 2.27. The zero-order valence-electron chi connectivity index (χ0n) is 9.66. The van der Waals surface area contributed by atoms with Crippen LogP contribution in [0.3, 0.4) is 0 Å². The molecule has 94 valence electrons. The van der Waals surface area contributed by atoms with Crippen molar-refractivity contribution in [3.63, 3.8) is 0 Å². The van der Waals surface area contributed by atoms with E-state index < -0.39 is 10.1 Å². The third-order valence-corrected chi connectivity index (χ3v) is 2.69. The highest BCUT2D eigenvalue weighted by Gasteiger charge is 2.05. The normalized spacial score (nSPS) is 11.2. The fourth-order valence-corrected chi connectivity index (χ4v) is 1.62. The molecule has 0 saturated carbocycles. The molecule has 0 spiro atoms. The van der Waals surface area contributed by atoms with Gasteiger partial charge in [0.25, 0.3) is 10.1 Å². The Labute approximate surface area is 100 Å². The summed E-state index contributed by atoms with van der Waals surface area (Å²) >= 11 is 0. The van der Waals surface area contributed by atoms with Gasteiger partial charge in [-0.3, -0.25) is 4.18 Å². The van der Waals surface area contributed by atoms with Crippen molar-refractivity contribution >= 4 is 21.5 Å². The highest BCUT2D eigenvalue weighted by molar-refractivity contribution is 7.85. The van der Waals surface area contributed by atoms with Crippen LogP contribution < -0.4 is 4.90 Å². The van der Waals surface area contributed by atoms with E-state index in [4.69, 9.17) is 0 Å². The van der Waals surface area contributed by atoms with Gasteiger partial charge >= 0.3 is 0 Å². The first-order chi connectivity index (χ1) is 7.92. The van der Waals surface area contributed by atoms with E-state index in [9.17, 15) is 13.3 Å². The van der Waals surface area contributed by atoms with Gasteiger partial charge in [0.1, 0.15) is 5.69 Å². The van der Waals surface area contributed by atoms with Gasteiger partial charge in [-0.25, -0.2) is 0 Å². The Morgan fingerprint density at radius 1 is 1.41 bits per heavy atom. The Balaban J connectivity index is 2.57. The van der Waals surface area contributed by atoms with E-state index in [0.29, 0.717) is 12.2 Å². The molecule has 0 fully saturated rings. The second-order valence-electron chi connectivity index (χ2n) is 3.56. The minimum atomic E-state index is -3.41. The minimum absolute atomic E-state index is 0.0636. The number of benzene rings is 1. The molecule has 0 aliphatic carbocycles. The number of nitrogens with zero attached hydrogens (tertiary/aromatic N) is 2. The predicted octanol–water partition coefficient (Wildman–Crippen LogP) is 1.50. The lowest BCUT2D eigenvalue weighted by Gasteiger charge is -2.18. The van der Waals surface area contributed by atoms with Gasteiger partial charge < -0.3 is 4.90 Å². The van der Waals surface area contributed by atoms with E-state index in [0.717, 1.165) is 11.9 Å². The molecule has 0 aliphatic rings. The fraction of sp³-hybridized carbons (Fsp3) is 0.400. The summed E-state index contributed by atoms with van der Waals surface area (Å²) < 4.78 is 26.1. The molecule has 1 rings (SSSR count). The van der Waals surface area contributed by atoms with Crippen molar-refractivity contribution in [2.45, 2.75) is 0 Å². The van der Waals surface area contributed by atoms with Crippen molar-refractivity contribution in [1.82, 2.24) is 0 Å². The van der Waals surface area contributed by atoms with Gasteiger partial charge in [0.15, 0.2) is 0 Å². The van der Waals surface area contributed by atoms with Crippen LogP contribution in [-0.4, -0.2) is 34.9 Å². The smallest absolute Gasteiger partial charge is 0.264 e. The molecule has 7 heteroatoms. The van der Waals surface area contributed by atoms with Crippen LogP contribution in [0.5, 0.6) is 0 Å². The maximum absolute atomic E-state index is 10.8. The van der Waals surface area contributed by atoms with Crippen LogP contribution in [0, 0.1) is 4.91 Å². The van der Waals surface area contributed by atoms with Gasteiger partial charge in [-0.1, -0.05) is 6.07 Å². The summed E-state index contributed by atoms with van der Waals surface area (Å²) in [4.78, 5) is 12.1. The van der Waals surface area contributed by atoms with Gasteiger partial charge in [0.2, 0.25) is 0 Å². The SMILES string of the molecule is CN(CCOS(C)(=O)=O)c1cccc(N=O)c1. The maximum atomic E-state index is 10.8. The van der Waals surface area contributed by atoms with Gasteiger partial charge in [0.05, 0.1) is 12.9 Å². The maximum Gasteiger partial charge on any atom is 0.264 e. The van der Waals surface area contributed by atoms with Crippen LogP contribution in [0.15, 0.2) is 29.4 Å². The van der Waals surface area contributed by atoms with E-state index in [1.807, 2.05) is 0 Å². The van der Waals surface area contributed by atoms with Gasteiger partial charge in [-0.05, 0) is 23.4 Å². The zero-order valence-corrected chi connectivity index (χ0v) is 10.5. The van der Waals surface area contributed by atoms with Gasteiger partial charge in [0, 0.05) is 19.3 Å². The molecule has 1 aromatic rings. The standard InChI is InChI=1S/C10H14N2O4S/c1-12(6-7-16-17(2,14)15)10-5-3-4-9(8-10)11-13/h3-5,8H,6-7H2,1-2H3. The van der Waals surface area contributed by atoms with Crippen LogP contribution in [0.1, 0.15) is 0 Å². The van der Waals surface area contributed by atoms with Crippen LogP contribution in [0.25, 0.3) is 0 Å². The Kier molecular flexibility index (Phi) is 4.59. The molecular weight excluding hydrogens is 244 g/mol. The lowest BCUT2D eigenvalue weighted by Crippen LogP contribution is -2.23. The molecule has 0 N–H and O–H groups in total. The summed E-state index contributed by atoms with van der Waals surface area (Å²) in [6.45, 7) is 0.462.